The van der Waals surface area contributed by atoms with Crippen LogP contribution < -0.4 is 16.1 Å². The molecule has 1 aromatic heterocycles. The number of para-hydroxylation sites is 2. The molecule has 2 aliphatic heterocycles. The number of nitrogens with zero attached hydrogens (tertiary/aromatic N) is 3. The van der Waals surface area contributed by atoms with Crippen molar-refractivity contribution in [3.05, 3.63) is 155 Å². The molecule has 5 nitrogen and oxygen atoms in total. The Labute approximate surface area is 259 Å². The maximum absolute atomic E-state index is 5.92. The Morgan fingerprint density at radius 1 is 1.02 bits per heavy atom. The van der Waals surface area contributed by atoms with Crippen molar-refractivity contribution in [2.75, 3.05) is 4.90 Å². The average molecular weight is 576 g/mol. The van der Waals surface area contributed by atoms with E-state index < -0.39 is 0 Å². The lowest BCUT2D eigenvalue weighted by Gasteiger charge is -2.26. The van der Waals surface area contributed by atoms with Crippen molar-refractivity contribution in [2.24, 2.45) is 5.73 Å². The molecule has 5 heteroatoms. The van der Waals surface area contributed by atoms with E-state index in [9.17, 15) is 0 Å². The van der Waals surface area contributed by atoms with Crippen molar-refractivity contribution < 1.29 is 0 Å². The van der Waals surface area contributed by atoms with Crippen LogP contribution >= 0.6 is 0 Å². The number of hydrazine groups is 1. The highest BCUT2D eigenvalue weighted by Crippen LogP contribution is 2.52. The maximum atomic E-state index is 5.92. The van der Waals surface area contributed by atoms with Gasteiger partial charge in [-0.1, -0.05) is 66.8 Å². The molecule has 4 aliphatic rings. The number of hydrogen-bond acceptors (Lipinski definition) is 4. The highest BCUT2D eigenvalue weighted by atomic mass is 15.6. The molecule has 3 aromatic carbocycles. The number of nitrogens with one attached hydrogen (secondary N) is 1. The minimum atomic E-state index is 0.0747. The fourth-order valence-corrected chi connectivity index (χ4v) is 7.41. The highest BCUT2D eigenvalue weighted by Gasteiger charge is 2.36. The molecular formula is C39H37N5. The standard InChI is InChI=1S/C39H37N5/c1-2-10-29(25-40)35-21-22-42(41-35)26-43-36-15-8-6-13-31(36)33-23-27(17-19-37(33)43)28-18-20-39-34(24-28)32-14-7-9-16-38(32)44(39)30-11-4-3-5-12-30/h2-5,7-12,14-23,25,34-35,41H,6,13,24,26,40H2,1H3/b10-2-,29-25+. The first-order chi connectivity index (χ1) is 21.7. The van der Waals surface area contributed by atoms with E-state index in [0.717, 1.165) is 31.5 Å². The van der Waals surface area contributed by atoms with Gasteiger partial charge in [-0.15, -0.1) is 0 Å². The first kappa shape index (κ1) is 26.6. The molecule has 0 bridgehead atoms. The van der Waals surface area contributed by atoms with E-state index in [1.165, 1.54) is 55.9 Å². The summed E-state index contributed by atoms with van der Waals surface area (Å²) in [5.41, 5.74) is 22.6. The quantitative estimate of drug-likeness (QED) is 0.227. The van der Waals surface area contributed by atoms with Crippen molar-refractivity contribution in [2.45, 2.75) is 44.8 Å². The third-order valence-corrected chi connectivity index (χ3v) is 9.45. The van der Waals surface area contributed by atoms with Gasteiger partial charge >= 0.3 is 0 Å². The van der Waals surface area contributed by atoms with E-state index in [0.29, 0.717) is 5.92 Å². The molecule has 8 rings (SSSR count). The van der Waals surface area contributed by atoms with E-state index in [1.807, 2.05) is 13.0 Å². The Hall–Kier alpha value is -5.00. The van der Waals surface area contributed by atoms with Gasteiger partial charge in [0.2, 0.25) is 0 Å². The van der Waals surface area contributed by atoms with Crippen molar-refractivity contribution >= 4 is 33.9 Å². The van der Waals surface area contributed by atoms with Gasteiger partial charge in [-0.05, 0) is 109 Å². The number of aryl methyl sites for hydroxylation is 1. The second-order valence-electron chi connectivity index (χ2n) is 12.0. The van der Waals surface area contributed by atoms with E-state index in [1.54, 1.807) is 6.20 Å². The number of rotatable bonds is 6. The zero-order valence-electron chi connectivity index (χ0n) is 25.0. The smallest absolute Gasteiger partial charge is 0.109 e. The van der Waals surface area contributed by atoms with Gasteiger partial charge in [0.1, 0.15) is 6.67 Å². The van der Waals surface area contributed by atoms with Crippen molar-refractivity contribution in [3.63, 3.8) is 0 Å². The number of fused-ring (bicyclic) bond motifs is 6. The molecule has 0 fully saturated rings. The second-order valence-corrected chi connectivity index (χ2v) is 12.0. The topological polar surface area (TPSA) is 49.5 Å². The molecule has 0 spiro atoms. The van der Waals surface area contributed by atoms with Crippen LogP contribution in [0.1, 0.15) is 48.1 Å². The van der Waals surface area contributed by atoms with E-state index in [2.05, 4.69) is 135 Å². The number of allylic oxidation sites excluding steroid dienone is 6. The Morgan fingerprint density at radius 3 is 2.75 bits per heavy atom. The summed E-state index contributed by atoms with van der Waals surface area (Å²) in [4.78, 5) is 2.44. The third kappa shape index (κ3) is 4.35. The predicted molar refractivity (Wildman–Crippen MR) is 183 cm³/mol. The molecular weight excluding hydrogens is 538 g/mol. The van der Waals surface area contributed by atoms with Crippen molar-refractivity contribution in [3.8, 4) is 0 Å². The van der Waals surface area contributed by atoms with Crippen LogP contribution in [0.3, 0.4) is 0 Å². The Kier molecular flexibility index (Phi) is 6.61. The molecule has 44 heavy (non-hydrogen) atoms. The number of anilines is 2. The average Bonchev–Trinajstić information content (AvgIpc) is 3.77. The minimum absolute atomic E-state index is 0.0747. The third-order valence-electron chi connectivity index (χ3n) is 9.45. The van der Waals surface area contributed by atoms with Crippen LogP contribution in [0.25, 0.3) is 22.6 Å². The molecule has 4 aromatic rings. The molecule has 3 N–H and O–H groups in total. The van der Waals surface area contributed by atoms with Crippen molar-refractivity contribution in [1.82, 2.24) is 15.0 Å². The predicted octanol–water partition coefficient (Wildman–Crippen LogP) is 8.29. The van der Waals surface area contributed by atoms with Gasteiger partial charge in [0, 0.05) is 40.3 Å². The minimum Gasteiger partial charge on any atom is -0.404 e. The zero-order valence-corrected chi connectivity index (χ0v) is 25.0. The number of aromatic nitrogens is 1. The van der Waals surface area contributed by atoms with Gasteiger partial charge in [-0.2, -0.15) is 0 Å². The van der Waals surface area contributed by atoms with Gasteiger partial charge < -0.3 is 15.2 Å². The lowest BCUT2D eigenvalue weighted by atomic mass is 9.84. The Bertz CT molecular complexity index is 1930. The lowest BCUT2D eigenvalue weighted by Crippen LogP contribution is -2.37. The van der Waals surface area contributed by atoms with Gasteiger partial charge in [0.25, 0.3) is 0 Å². The second kappa shape index (κ2) is 10.9. The zero-order chi connectivity index (χ0) is 29.6. The first-order valence-electron chi connectivity index (χ1n) is 15.7. The van der Waals surface area contributed by atoms with Crippen LogP contribution in [-0.4, -0.2) is 15.6 Å². The highest BCUT2D eigenvalue weighted by molar-refractivity contribution is 5.92. The summed E-state index contributed by atoms with van der Waals surface area (Å²) in [6.07, 6.45) is 22.5. The molecule has 0 saturated heterocycles. The summed E-state index contributed by atoms with van der Waals surface area (Å²) in [6.45, 7) is 2.74. The molecule has 3 heterocycles. The molecule has 218 valence electrons. The molecule has 0 saturated carbocycles. The molecule has 2 unspecified atom stereocenters. The summed E-state index contributed by atoms with van der Waals surface area (Å²) in [7, 11) is 0. The summed E-state index contributed by atoms with van der Waals surface area (Å²) in [5, 5.41) is 3.53. The summed E-state index contributed by atoms with van der Waals surface area (Å²) in [6, 6.07) is 26.8. The number of hydrogen-bond donors (Lipinski definition) is 2. The fourth-order valence-electron chi connectivity index (χ4n) is 7.41. The van der Waals surface area contributed by atoms with Gasteiger partial charge in [0.05, 0.1) is 11.6 Å². The van der Waals surface area contributed by atoms with Gasteiger partial charge in [-0.3, -0.25) is 5.01 Å². The number of nitrogens with two attached hydrogens (primary N) is 1. The summed E-state index contributed by atoms with van der Waals surface area (Å²) in [5.74, 6) is 0.347. The SMILES string of the molecule is C/C=C\C(=C/N)C1C=CN(Cn2c3c(c4cc(C5=CC=C6C(C5)c5ccccc5N6c5ccccc5)ccc42)CCC=C3)N1. The fraction of sp³-hybridized carbons (Fsp3) is 0.179. The van der Waals surface area contributed by atoms with Crippen LogP contribution in [0.2, 0.25) is 0 Å². The Balaban J connectivity index is 1.13. The van der Waals surface area contributed by atoms with Gasteiger partial charge in [-0.25, -0.2) is 5.43 Å². The van der Waals surface area contributed by atoms with Gasteiger partial charge in [0.15, 0.2) is 0 Å². The van der Waals surface area contributed by atoms with Crippen LogP contribution in [0.4, 0.5) is 11.4 Å². The molecule has 2 aliphatic carbocycles. The normalized spacial score (nSPS) is 20.7. The van der Waals surface area contributed by atoms with E-state index >= 15 is 0 Å². The van der Waals surface area contributed by atoms with Crippen LogP contribution in [-0.2, 0) is 13.1 Å². The number of benzene rings is 3. The summed E-state index contributed by atoms with van der Waals surface area (Å²) >= 11 is 0. The monoisotopic (exact) mass is 575 g/mol. The van der Waals surface area contributed by atoms with Crippen LogP contribution in [0.5, 0.6) is 0 Å². The van der Waals surface area contributed by atoms with Crippen LogP contribution in [0, 0.1) is 0 Å². The lowest BCUT2D eigenvalue weighted by molar-refractivity contribution is 0.233. The summed E-state index contributed by atoms with van der Waals surface area (Å²) < 4.78 is 2.45. The van der Waals surface area contributed by atoms with E-state index in [4.69, 9.17) is 5.73 Å². The molecule has 2 atom stereocenters. The maximum Gasteiger partial charge on any atom is 0.109 e. The van der Waals surface area contributed by atoms with Crippen molar-refractivity contribution in [1.29, 1.82) is 0 Å². The van der Waals surface area contributed by atoms with Crippen LogP contribution in [0.15, 0.2) is 133 Å². The molecule has 0 radical (unpaired) electrons. The Morgan fingerprint density at radius 2 is 1.89 bits per heavy atom. The van der Waals surface area contributed by atoms with E-state index in [-0.39, 0.29) is 6.04 Å². The molecule has 0 amide bonds. The largest absolute Gasteiger partial charge is 0.404 e. The first-order valence-corrected chi connectivity index (χ1v) is 15.7.